The molecule has 4 nitrogen and oxygen atoms in total. The van der Waals surface area contributed by atoms with Crippen LogP contribution < -0.4 is 0 Å². The summed E-state index contributed by atoms with van der Waals surface area (Å²) >= 11 is 0. The lowest BCUT2D eigenvalue weighted by molar-refractivity contribution is 0.480. The van der Waals surface area contributed by atoms with Crippen LogP contribution in [0, 0.1) is 0 Å². The van der Waals surface area contributed by atoms with Crippen molar-refractivity contribution in [3.05, 3.63) is 30.5 Å². The van der Waals surface area contributed by atoms with Gasteiger partial charge in [0, 0.05) is 11.6 Å². The Balaban J connectivity index is 2.95. The maximum absolute atomic E-state index is 10.9. The molecule has 72 valence electrons. The summed E-state index contributed by atoms with van der Waals surface area (Å²) in [5, 5.41) is 9.87. The SMILES string of the molecule is O=[SH](=O)c1ccc(O)c2ncccc12. The van der Waals surface area contributed by atoms with Gasteiger partial charge in [-0.3, -0.25) is 4.98 Å². The molecule has 0 fully saturated rings. The molecule has 0 saturated carbocycles. The Morgan fingerprint density at radius 3 is 2.71 bits per heavy atom. The van der Waals surface area contributed by atoms with Crippen molar-refractivity contribution in [3.8, 4) is 5.75 Å². The molecule has 5 heteroatoms. The number of hydrogen-bond acceptors (Lipinski definition) is 4. The molecule has 0 saturated heterocycles. The summed E-state index contributed by atoms with van der Waals surface area (Å²) in [5.41, 5.74) is 0.309. The Kier molecular flexibility index (Phi) is 2.09. The van der Waals surface area contributed by atoms with Gasteiger partial charge in [-0.15, -0.1) is 0 Å². The quantitative estimate of drug-likeness (QED) is 0.685. The van der Waals surface area contributed by atoms with Gasteiger partial charge in [0.05, 0.1) is 4.90 Å². The molecule has 0 aliphatic carbocycles. The number of fused-ring (bicyclic) bond motifs is 1. The van der Waals surface area contributed by atoms with Gasteiger partial charge in [-0.1, -0.05) is 0 Å². The fraction of sp³-hybridized carbons (Fsp3) is 0. The summed E-state index contributed by atoms with van der Waals surface area (Å²) < 4.78 is 21.7. The molecule has 0 amide bonds. The molecule has 0 bridgehead atoms. The molecule has 0 aliphatic heterocycles. The second-order valence-corrected chi connectivity index (χ2v) is 3.76. The lowest BCUT2D eigenvalue weighted by Crippen LogP contribution is -1.86. The van der Waals surface area contributed by atoms with E-state index in [1.807, 2.05) is 0 Å². The first kappa shape index (κ1) is 8.96. The third-order valence-electron chi connectivity index (χ3n) is 1.92. The van der Waals surface area contributed by atoms with Gasteiger partial charge in [-0.05, 0) is 24.3 Å². The minimum absolute atomic E-state index is 0.0128. The molecule has 14 heavy (non-hydrogen) atoms. The average molecular weight is 209 g/mol. The average Bonchev–Trinajstić information content (AvgIpc) is 2.18. The standard InChI is InChI=1S/C9H7NO3S/c11-7-3-4-8(14(12)13)6-2-1-5-10-9(6)7/h1-5,11,14H. The van der Waals surface area contributed by atoms with Crippen LogP contribution in [-0.4, -0.2) is 18.5 Å². The van der Waals surface area contributed by atoms with Crippen LogP contribution in [0.5, 0.6) is 5.75 Å². The molecular formula is C9H7NO3S. The minimum atomic E-state index is -2.66. The largest absolute Gasteiger partial charge is 0.506 e. The van der Waals surface area contributed by atoms with Gasteiger partial charge in [0.2, 0.25) is 0 Å². The van der Waals surface area contributed by atoms with Crippen LogP contribution in [0.2, 0.25) is 0 Å². The number of aromatic nitrogens is 1. The summed E-state index contributed by atoms with van der Waals surface area (Å²) in [5.74, 6) is -0.0128. The zero-order valence-corrected chi connectivity index (χ0v) is 7.94. The second-order valence-electron chi connectivity index (χ2n) is 2.76. The zero-order valence-electron chi connectivity index (χ0n) is 7.04. The van der Waals surface area contributed by atoms with E-state index in [4.69, 9.17) is 0 Å². The molecule has 0 spiro atoms. The van der Waals surface area contributed by atoms with Crippen LogP contribution in [0.1, 0.15) is 0 Å². The first-order valence-electron chi connectivity index (χ1n) is 3.91. The summed E-state index contributed by atoms with van der Waals surface area (Å²) in [6, 6.07) is 5.94. The fourth-order valence-corrected chi connectivity index (χ4v) is 1.88. The molecular weight excluding hydrogens is 202 g/mol. The summed E-state index contributed by atoms with van der Waals surface area (Å²) in [4.78, 5) is 4.09. The molecule has 0 atom stereocenters. The Morgan fingerprint density at radius 1 is 1.21 bits per heavy atom. The van der Waals surface area contributed by atoms with Crippen LogP contribution >= 0.6 is 0 Å². The summed E-state index contributed by atoms with van der Waals surface area (Å²) in [6.45, 7) is 0. The molecule has 0 unspecified atom stereocenters. The molecule has 0 radical (unpaired) electrons. The van der Waals surface area contributed by atoms with Gasteiger partial charge >= 0.3 is 0 Å². The van der Waals surface area contributed by atoms with Gasteiger partial charge in [0.15, 0.2) is 10.7 Å². The van der Waals surface area contributed by atoms with Crippen LogP contribution in [0.4, 0.5) is 0 Å². The molecule has 0 aliphatic rings. The number of hydrogen-bond donors (Lipinski definition) is 2. The fourth-order valence-electron chi connectivity index (χ4n) is 1.30. The van der Waals surface area contributed by atoms with Crippen molar-refractivity contribution in [2.24, 2.45) is 0 Å². The van der Waals surface area contributed by atoms with Crippen molar-refractivity contribution in [3.63, 3.8) is 0 Å². The first-order chi connectivity index (χ1) is 6.70. The van der Waals surface area contributed by atoms with Crippen molar-refractivity contribution < 1.29 is 13.5 Å². The van der Waals surface area contributed by atoms with Crippen LogP contribution in [0.3, 0.4) is 0 Å². The normalized spacial score (nSPS) is 10.9. The first-order valence-corrected chi connectivity index (χ1v) is 5.09. The highest BCUT2D eigenvalue weighted by Gasteiger charge is 2.06. The second kappa shape index (κ2) is 3.26. The van der Waals surface area contributed by atoms with Crippen molar-refractivity contribution in [2.75, 3.05) is 0 Å². The van der Waals surface area contributed by atoms with E-state index in [1.54, 1.807) is 12.1 Å². The van der Waals surface area contributed by atoms with E-state index in [2.05, 4.69) is 4.98 Å². The van der Waals surface area contributed by atoms with E-state index in [1.165, 1.54) is 18.3 Å². The number of rotatable bonds is 1. The molecule has 2 rings (SSSR count). The van der Waals surface area contributed by atoms with Crippen LogP contribution in [0.15, 0.2) is 35.4 Å². The highest BCUT2D eigenvalue weighted by molar-refractivity contribution is 7.72. The molecule has 1 heterocycles. The predicted molar refractivity (Wildman–Crippen MR) is 52.0 cm³/mol. The van der Waals surface area contributed by atoms with Crippen LogP contribution in [0.25, 0.3) is 10.9 Å². The van der Waals surface area contributed by atoms with Crippen molar-refractivity contribution in [2.45, 2.75) is 4.90 Å². The molecule has 2 aromatic rings. The minimum Gasteiger partial charge on any atom is -0.506 e. The number of nitrogens with zero attached hydrogens (tertiary/aromatic N) is 1. The Bertz CT molecular complexity index is 555. The molecule has 1 aromatic heterocycles. The number of pyridine rings is 1. The van der Waals surface area contributed by atoms with Gasteiger partial charge in [0.25, 0.3) is 0 Å². The van der Waals surface area contributed by atoms with E-state index in [-0.39, 0.29) is 10.6 Å². The maximum Gasteiger partial charge on any atom is 0.168 e. The van der Waals surface area contributed by atoms with E-state index < -0.39 is 10.7 Å². The lowest BCUT2D eigenvalue weighted by Gasteiger charge is -2.01. The zero-order chi connectivity index (χ0) is 10.1. The van der Waals surface area contributed by atoms with Crippen molar-refractivity contribution in [1.29, 1.82) is 0 Å². The topological polar surface area (TPSA) is 67.3 Å². The Hall–Kier alpha value is -1.62. The Morgan fingerprint density at radius 2 is 2.00 bits per heavy atom. The maximum atomic E-state index is 10.9. The number of phenols is 1. The highest BCUT2D eigenvalue weighted by Crippen LogP contribution is 2.25. The van der Waals surface area contributed by atoms with Gasteiger partial charge < -0.3 is 5.11 Å². The van der Waals surface area contributed by atoms with Crippen molar-refractivity contribution >= 4 is 21.6 Å². The monoisotopic (exact) mass is 209 g/mol. The predicted octanol–water partition coefficient (Wildman–Crippen LogP) is 0.911. The third-order valence-corrected chi connectivity index (χ3v) is 2.71. The summed E-state index contributed by atoms with van der Waals surface area (Å²) in [7, 11) is -2.66. The smallest absolute Gasteiger partial charge is 0.168 e. The third kappa shape index (κ3) is 1.31. The number of phenolic OH excluding ortho intramolecular Hbond substituents is 1. The van der Waals surface area contributed by atoms with E-state index in [9.17, 15) is 13.5 Å². The van der Waals surface area contributed by atoms with Gasteiger partial charge in [-0.25, -0.2) is 8.42 Å². The van der Waals surface area contributed by atoms with E-state index in [0.29, 0.717) is 10.9 Å². The molecule has 1 aromatic carbocycles. The van der Waals surface area contributed by atoms with Gasteiger partial charge in [-0.2, -0.15) is 0 Å². The van der Waals surface area contributed by atoms with Crippen molar-refractivity contribution in [1.82, 2.24) is 4.98 Å². The number of aromatic hydroxyl groups is 1. The lowest BCUT2D eigenvalue weighted by atomic mass is 10.2. The van der Waals surface area contributed by atoms with E-state index in [0.717, 1.165) is 0 Å². The van der Waals surface area contributed by atoms with E-state index >= 15 is 0 Å². The Labute approximate surface area is 81.8 Å². The van der Waals surface area contributed by atoms with Gasteiger partial charge in [0.1, 0.15) is 11.3 Å². The number of benzene rings is 1. The van der Waals surface area contributed by atoms with Crippen LogP contribution in [-0.2, 0) is 10.7 Å². The highest BCUT2D eigenvalue weighted by atomic mass is 32.2. The summed E-state index contributed by atoms with van der Waals surface area (Å²) in [6.07, 6.45) is 1.50. The molecule has 1 N–H and O–H groups in total. The number of thiol groups is 1.